The molecular formula is C37H25F15NO5PS. The Hall–Kier alpha value is -4.43. The Labute approximate surface area is 329 Å². The molecule has 0 aromatic heterocycles. The molecule has 7 rings (SSSR count). The normalized spacial score (nSPS) is 17.1. The van der Waals surface area contributed by atoms with Crippen LogP contribution in [0.25, 0.3) is 33.4 Å². The number of hydrogen-bond donors (Lipinski definition) is 1. The van der Waals surface area contributed by atoms with Gasteiger partial charge in [-0.2, -0.15) is 65.9 Å². The van der Waals surface area contributed by atoms with Gasteiger partial charge in [-0.25, -0.2) is 13.0 Å². The highest BCUT2D eigenvalue weighted by atomic mass is 32.2. The van der Waals surface area contributed by atoms with E-state index in [-0.39, 0.29) is 95.5 Å². The highest BCUT2D eigenvalue weighted by molar-refractivity contribution is 7.95. The lowest BCUT2D eigenvalue weighted by atomic mass is 9.77. The second kappa shape index (κ2) is 14.3. The highest BCUT2D eigenvalue weighted by Crippen LogP contribution is 2.63. The number of sulfonamides is 1. The van der Waals surface area contributed by atoms with Gasteiger partial charge >= 0.3 is 48.0 Å². The van der Waals surface area contributed by atoms with Crippen molar-refractivity contribution in [2.45, 2.75) is 81.6 Å². The molecule has 60 heavy (non-hydrogen) atoms. The van der Waals surface area contributed by atoms with Gasteiger partial charge in [0.25, 0.3) is 0 Å². The van der Waals surface area contributed by atoms with Crippen LogP contribution in [0.5, 0.6) is 11.5 Å². The van der Waals surface area contributed by atoms with Crippen LogP contribution in [0.2, 0.25) is 0 Å². The summed E-state index contributed by atoms with van der Waals surface area (Å²) in [4.78, 5) is 0. The molecule has 0 saturated carbocycles. The summed E-state index contributed by atoms with van der Waals surface area (Å²) in [6, 6.07) is 2.54. The summed E-state index contributed by atoms with van der Waals surface area (Å²) < 4.78 is 263. The number of halogens is 15. The predicted molar refractivity (Wildman–Crippen MR) is 183 cm³/mol. The zero-order valence-electron chi connectivity index (χ0n) is 29.8. The number of aryl methyl sites for hydroxylation is 2. The number of alkyl halides is 15. The fourth-order valence-corrected chi connectivity index (χ4v) is 10.4. The summed E-state index contributed by atoms with van der Waals surface area (Å²) in [6.07, 6.45) is -20.2. The Morgan fingerprint density at radius 1 is 0.483 bits per heavy atom. The van der Waals surface area contributed by atoms with E-state index in [0.29, 0.717) is 25.7 Å². The van der Waals surface area contributed by atoms with Crippen molar-refractivity contribution in [3.05, 3.63) is 93.0 Å². The molecule has 0 spiro atoms. The molecule has 1 N–H and O–H groups in total. The third-order valence-electron chi connectivity index (χ3n) is 10.2. The van der Waals surface area contributed by atoms with Gasteiger partial charge in [0.15, 0.2) is 0 Å². The van der Waals surface area contributed by atoms with E-state index >= 15 is 0 Å². The minimum atomic E-state index is -6.83. The Morgan fingerprint density at radius 2 is 0.800 bits per heavy atom. The van der Waals surface area contributed by atoms with Crippen molar-refractivity contribution in [3.8, 4) is 44.9 Å². The van der Waals surface area contributed by atoms with Gasteiger partial charge in [-0.1, -0.05) is 4.49 Å². The molecule has 0 atom stereocenters. The molecular weight excluding hydrogens is 886 g/mol. The van der Waals surface area contributed by atoms with Gasteiger partial charge in [-0.15, -0.1) is 0 Å². The van der Waals surface area contributed by atoms with Crippen molar-refractivity contribution in [2.24, 2.45) is 0 Å². The maximum absolute atomic E-state index is 14.7. The van der Waals surface area contributed by atoms with E-state index in [2.05, 4.69) is 0 Å². The van der Waals surface area contributed by atoms with Crippen LogP contribution in [-0.2, 0) is 65.0 Å². The average Bonchev–Trinajstić information content (AvgIpc) is 3.25. The fourth-order valence-electron chi connectivity index (χ4n) is 7.63. The van der Waals surface area contributed by atoms with Crippen LogP contribution in [0.15, 0.2) is 48.5 Å². The van der Waals surface area contributed by atoms with Crippen LogP contribution in [0.1, 0.15) is 70.2 Å². The van der Waals surface area contributed by atoms with Crippen LogP contribution in [-0.4, -0.2) is 13.9 Å². The monoisotopic (exact) mass is 911 g/mol. The second-order valence-corrected chi connectivity index (χ2v) is 17.8. The molecule has 23 heteroatoms. The van der Waals surface area contributed by atoms with Gasteiger partial charge in [0, 0.05) is 22.3 Å². The predicted octanol–water partition coefficient (Wildman–Crippen LogP) is 12.8. The zero-order valence-corrected chi connectivity index (χ0v) is 31.6. The van der Waals surface area contributed by atoms with Crippen molar-refractivity contribution in [2.75, 3.05) is 0 Å². The number of rotatable bonds is 4. The maximum atomic E-state index is 14.7. The Balaban J connectivity index is 1.68. The van der Waals surface area contributed by atoms with E-state index < -0.39 is 104 Å². The molecule has 4 aromatic rings. The molecule has 3 aliphatic rings. The van der Waals surface area contributed by atoms with Crippen molar-refractivity contribution in [1.82, 2.24) is 4.49 Å². The number of nitrogens with one attached hydrogen (secondary N) is 1. The van der Waals surface area contributed by atoms with E-state index in [1.165, 1.54) is 0 Å². The molecule has 2 aliphatic carbocycles. The van der Waals surface area contributed by atoms with E-state index in [4.69, 9.17) is 9.05 Å². The van der Waals surface area contributed by atoms with Gasteiger partial charge in [0.05, 0.1) is 22.3 Å². The smallest absolute Gasteiger partial charge is 0.403 e. The number of hydrogen-bond acceptors (Lipinski definition) is 5. The minimum Gasteiger partial charge on any atom is -0.403 e. The summed E-state index contributed by atoms with van der Waals surface area (Å²) in [5.74, 6) is -2.06. The first-order valence-corrected chi connectivity index (χ1v) is 20.6. The summed E-state index contributed by atoms with van der Waals surface area (Å²) in [6.45, 7) is 0. The van der Waals surface area contributed by atoms with Gasteiger partial charge in [0.1, 0.15) is 11.5 Å². The van der Waals surface area contributed by atoms with E-state index in [1.54, 1.807) is 0 Å². The lowest BCUT2D eigenvalue weighted by Gasteiger charge is -2.28. The van der Waals surface area contributed by atoms with Gasteiger partial charge in [0.2, 0.25) is 0 Å². The number of benzene rings is 4. The molecule has 324 valence electrons. The Kier molecular flexibility index (Phi) is 10.4. The first-order valence-electron chi connectivity index (χ1n) is 17.5. The van der Waals surface area contributed by atoms with Gasteiger partial charge in [-0.05, 0) is 133 Å². The average molecular weight is 912 g/mol. The molecule has 4 aromatic carbocycles. The van der Waals surface area contributed by atoms with Crippen molar-refractivity contribution < 1.29 is 87.9 Å². The first kappa shape index (κ1) is 43.7. The standard InChI is InChI=1S/C37H25F15NO5PS/c38-33(39,40)21-9-19(10-22(15-21)34(41,42)43)27-13-17-5-1-3-7-25(17)29-30-26-8-4-2-6-18(26)14-28(20-11-23(35(44,45)46)16-24(12-20)36(47,48)49)32(30)58-59(54,57-31(27)29)53-60(55,56)37(50,51)52/h9-16H,1-8H2,(H,53,54). The third-order valence-corrected chi connectivity index (χ3v) is 13.5. The lowest BCUT2D eigenvalue weighted by molar-refractivity contribution is -0.144. The molecule has 0 bridgehead atoms. The van der Waals surface area contributed by atoms with Crippen LogP contribution in [0.3, 0.4) is 0 Å². The van der Waals surface area contributed by atoms with E-state index in [0.717, 1.165) is 16.6 Å². The van der Waals surface area contributed by atoms with Crippen molar-refractivity contribution in [3.63, 3.8) is 0 Å². The van der Waals surface area contributed by atoms with Crippen LogP contribution in [0, 0.1) is 0 Å². The summed E-state index contributed by atoms with van der Waals surface area (Å²) in [7, 11) is -13.2. The fraction of sp³-hybridized carbons (Fsp3) is 0.351. The molecule has 6 nitrogen and oxygen atoms in total. The number of fused-ring (bicyclic) bond motifs is 7. The first-order chi connectivity index (χ1) is 27.5. The van der Waals surface area contributed by atoms with Crippen molar-refractivity contribution in [1.29, 1.82) is 0 Å². The molecule has 1 aliphatic heterocycles. The molecule has 1 heterocycles. The molecule has 0 amide bonds. The highest BCUT2D eigenvalue weighted by Gasteiger charge is 2.53. The van der Waals surface area contributed by atoms with Gasteiger partial charge in [-0.3, -0.25) is 0 Å². The largest absolute Gasteiger partial charge is 0.526 e. The van der Waals surface area contributed by atoms with E-state index in [1.807, 2.05) is 0 Å². The van der Waals surface area contributed by atoms with E-state index in [9.17, 15) is 78.8 Å². The SMILES string of the molecule is O=P1(NS(=O)(=O)C(F)(F)F)Oc2c(-c3cc(C(F)(F)F)cc(C(F)(F)F)c3)cc3c(c2-c2c4c(cc(-c5cc(C(F)(F)F)cc(C(F)(F)F)c5)c2O1)CCCC4)CCCC3. The second-order valence-electron chi connectivity index (χ2n) is 14.3. The topological polar surface area (TPSA) is 81.7 Å². The van der Waals surface area contributed by atoms with Crippen molar-refractivity contribution >= 4 is 17.8 Å². The third kappa shape index (κ3) is 8.18. The maximum Gasteiger partial charge on any atom is 0.526 e. The lowest BCUT2D eigenvalue weighted by Crippen LogP contribution is -2.36. The molecule has 0 unspecified atom stereocenters. The summed E-state index contributed by atoms with van der Waals surface area (Å²) in [5.41, 5.74) is -17.2. The van der Waals surface area contributed by atoms with Gasteiger partial charge < -0.3 is 9.05 Å². The molecule has 0 saturated heterocycles. The summed E-state index contributed by atoms with van der Waals surface area (Å²) >= 11 is 0. The molecule has 0 radical (unpaired) electrons. The zero-order chi connectivity index (χ0) is 44.2. The molecule has 0 fully saturated rings. The van der Waals surface area contributed by atoms with Crippen LogP contribution in [0.4, 0.5) is 65.9 Å². The Morgan fingerprint density at radius 3 is 1.10 bits per heavy atom. The minimum absolute atomic E-state index is 0.00347. The van der Waals surface area contributed by atoms with Crippen LogP contribution < -0.4 is 13.5 Å². The van der Waals surface area contributed by atoms with Crippen LogP contribution >= 0.6 is 7.75 Å². The Bertz CT molecular complexity index is 2360. The quantitative estimate of drug-likeness (QED) is 0.163. The summed E-state index contributed by atoms with van der Waals surface area (Å²) in [5, 5.41) is 0.